The Kier molecular flexibility index (Phi) is 2.85. The molecule has 82 valence electrons. The van der Waals surface area contributed by atoms with Crippen LogP contribution in [0.1, 0.15) is 26.2 Å². The molecular formula is C12H23NO. The highest BCUT2D eigenvalue weighted by molar-refractivity contribution is 5.05. The van der Waals surface area contributed by atoms with E-state index in [-0.39, 0.29) is 0 Å². The van der Waals surface area contributed by atoms with E-state index >= 15 is 0 Å². The quantitative estimate of drug-likeness (QED) is 0.668. The fraction of sp³-hybridized carbons (Fsp3) is 1.00. The molecule has 0 spiro atoms. The first-order valence-electron chi connectivity index (χ1n) is 5.83. The number of rotatable bonds is 5. The molecule has 3 fully saturated rings. The van der Waals surface area contributed by atoms with Gasteiger partial charge in [-0.3, -0.25) is 0 Å². The van der Waals surface area contributed by atoms with Crippen molar-refractivity contribution in [2.24, 2.45) is 17.3 Å². The van der Waals surface area contributed by atoms with Crippen molar-refractivity contribution in [1.29, 1.82) is 0 Å². The number of likely N-dealkylation sites (N-methyl/N-ethyl adjacent to an activating group) is 1. The molecule has 0 aromatic rings. The van der Waals surface area contributed by atoms with Crippen LogP contribution in [-0.2, 0) is 4.74 Å². The molecule has 3 saturated carbocycles. The zero-order valence-corrected chi connectivity index (χ0v) is 9.75. The summed E-state index contributed by atoms with van der Waals surface area (Å²) in [5.74, 6) is 2.05. The Hall–Kier alpha value is -0.0800. The molecule has 0 amide bonds. The Morgan fingerprint density at radius 1 is 1.36 bits per heavy atom. The molecule has 0 aromatic carbocycles. The summed E-state index contributed by atoms with van der Waals surface area (Å²) in [6.45, 7) is 5.66. The molecular weight excluding hydrogens is 174 g/mol. The van der Waals surface area contributed by atoms with Gasteiger partial charge >= 0.3 is 0 Å². The summed E-state index contributed by atoms with van der Waals surface area (Å²) < 4.78 is 5.10. The van der Waals surface area contributed by atoms with E-state index in [1.54, 1.807) is 7.11 Å². The Morgan fingerprint density at radius 2 is 2.07 bits per heavy atom. The molecule has 1 atom stereocenters. The summed E-state index contributed by atoms with van der Waals surface area (Å²) in [5, 5.41) is 0. The molecule has 3 rings (SSSR count). The van der Waals surface area contributed by atoms with Crippen molar-refractivity contribution < 1.29 is 4.74 Å². The van der Waals surface area contributed by atoms with Crippen LogP contribution in [-0.4, -0.2) is 38.8 Å². The maximum atomic E-state index is 5.10. The van der Waals surface area contributed by atoms with Gasteiger partial charge in [-0.1, -0.05) is 6.92 Å². The van der Waals surface area contributed by atoms with Gasteiger partial charge in [-0.2, -0.15) is 0 Å². The van der Waals surface area contributed by atoms with Crippen molar-refractivity contribution in [1.82, 2.24) is 4.90 Å². The maximum Gasteiger partial charge on any atom is 0.0589 e. The van der Waals surface area contributed by atoms with Crippen LogP contribution in [0.25, 0.3) is 0 Å². The van der Waals surface area contributed by atoms with Crippen LogP contribution in [0.5, 0.6) is 0 Å². The van der Waals surface area contributed by atoms with E-state index in [0.29, 0.717) is 5.41 Å². The molecule has 0 heterocycles. The van der Waals surface area contributed by atoms with E-state index in [0.717, 1.165) is 25.0 Å². The number of ether oxygens (including phenoxy) is 1. The lowest BCUT2D eigenvalue weighted by atomic mass is 9.69. The molecule has 0 radical (unpaired) electrons. The zero-order chi connectivity index (χ0) is 10.2. The van der Waals surface area contributed by atoms with Gasteiger partial charge in [-0.05, 0) is 43.6 Å². The van der Waals surface area contributed by atoms with Crippen molar-refractivity contribution in [2.75, 3.05) is 33.9 Å². The number of hydrogen-bond acceptors (Lipinski definition) is 2. The van der Waals surface area contributed by atoms with E-state index in [1.807, 2.05) is 0 Å². The third-order valence-corrected chi connectivity index (χ3v) is 4.23. The van der Waals surface area contributed by atoms with Gasteiger partial charge in [0, 0.05) is 20.2 Å². The monoisotopic (exact) mass is 197 g/mol. The molecule has 0 aromatic heterocycles. The predicted octanol–water partition coefficient (Wildman–Crippen LogP) is 2.00. The number of fused-ring (bicyclic) bond motifs is 1. The van der Waals surface area contributed by atoms with Crippen molar-refractivity contribution in [3.8, 4) is 0 Å². The van der Waals surface area contributed by atoms with Crippen LogP contribution in [0.2, 0.25) is 0 Å². The van der Waals surface area contributed by atoms with Crippen LogP contribution in [0, 0.1) is 17.3 Å². The first-order valence-corrected chi connectivity index (χ1v) is 5.83. The lowest BCUT2D eigenvalue weighted by molar-refractivity contribution is 0.0723. The van der Waals surface area contributed by atoms with E-state index in [9.17, 15) is 0 Å². The highest BCUT2D eigenvalue weighted by atomic mass is 16.5. The number of methoxy groups -OCH3 is 1. The molecule has 0 unspecified atom stereocenters. The second-order valence-electron chi connectivity index (χ2n) is 5.58. The minimum Gasteiger partial charge on any atom is -0.383 e. The molecule has 0 saturated heterocycles. The molecule has 2 bridgehead atoms. The smallest absolute Gasteiger partial charge is 0.0589 e. The molecule has 0 N–H and O–H groups in total. The van der Waals surface area contributed by atoms with Gasteiger partial charge in [0.1, 0.15) is 0 Å². The Labute approximate surface area is 87.6 Å². The Bertz CT molecular complexity index is 198. The molecule has 14 heavy (non-hydrogen) atoms. The summed E-state index contributed by atoms with van der Waals surface area (Å²) in [6, 6.07) is 0. The lowest BCUT2D eigenvalue weighted by Gasteiger charge is -2.41. The SMILES string of the molecule is COCCN(C)CC12CC(C1)[C@H](C)C2. The minimum absolute atomic E-state index is 0.701. The summed E-state index contributed by atoms with van der Waals surface area (Å²) in [5.41, 5.74) is 0.701. The van der Waals surface area contributed by atoms with Gasteiger partial charge < -0.3 is 9.64 Å². The van der Waals surface area contributed by atoms with Gasteiger partial charge in [-0.25, -0.2) is 0 Å². The first kappa shape index (κ1) is 10.4. The highest BCUT2D eigenvalue weighted by Gasteiger charge is 2.54. The maximum absolute atomic E-state index is 5.10. The van der Waals surface area contributed by atoms with Gasteiger partial charge in [0.25, 0.3) is 0 Å². The summed E-state index contributed by atoms with van der Waals surface area (Å²) in [4.78, 5) is 2.44. The van der Waals surface area contributed by atoms with Crippen LogP contribution < -0.4 is 0 Å². The molecule has 3 aliphatic carbocycles. The fourth-order valence-corrected chi connectivity index (χ4v) is 3.56. The largest absolute Gasteiger partial charge is 0.383 e. The van der Waals surface area contributed by atoms with Gasteiger partial charge in [0.15, 0.2) is 0 Å². The third kappa shape index (κ3) is 1.82. The summed E-state index contributed by atoms with van der Waals surface area (Å²) >= 11 is 0. The van der Waals surface area contributed by atoms with Crippen LogP contribution in [0.15, 0.2) is 0 Å². The summed E-state index contributed by atoms with van der Waals surface area (Å²) in [6.07, 6.45) is 4.45. The van der Waals surface area contributed by atoms with Gasteiger partial charge in [-0.15, -0.1) is 0 Å². The molecule has 2 nitrogen and oxygen atoms in total. The van der Waals surface area contributed by atoms with Crippen LogP contribution in [0.4, 0.5) is 0 Å². The Morgan fingerprint density at radius 3 is 2.57 bits per heavy atom. The Balaban J connectivity index is 1.75. The first-order chi connectivity index (χ1) is 6.65. The van der Waals surface area contributed by atoms with Gasteiger partial charge in [0.05, 0.1) is 6.61 Å². The second-order valence-corrected chi connectivity index (χ2v) is 5.58. The van der Waals surface area contributed by atoms with Crippen LogP contribution >= 0.6 is 0 Å². The van der Waals surface area contributed by atoms with Crippen molar-refractivity contribution in [2.45, 2.75) is 26.2 Å². The van der Waals surface area contributed by atoms with E-state index in [1.165, 1.54) is 25.8 Å². The molecule has 0 aliphatic heterocycles. The van der Waals surface area contributed by atoms with E-state index in [4.69, 9.17) is 4.74 Å². The lowest BCUT2D eigenvalue weighted by Crippen LogP contribution is -2.40. The molecule has 2 heteroatoms. The van der Waals surface area contributed by atoms with E-state index in [2.05, 4.69) is 18.9 Å². The van der Waals surface area contributed by atoms with Crippen LogP contribution in [0.3, 0.4) is 0 Å². The second kappa shape index (κ2) is 3.82. The summed E-state index contributed by atoms with van der Waals surface area (Å²) in [7, 11) is 4.01. The highest BCUT2D eigenvalue weighted by Crippen LogP contribution is 2.61. The minimum atomic E-state index is 0.701. The van der Waals surface area contributed by atoms with E-state index < -0.39 is 0 Å². The van der Waals surface area contributed by atoms with Crippen molar-refractivity contribution >= 4 is 0 Å². The normalized spacial score (nSPS) is 40.3. The average Bonchev–Trinajstić information content (AvgIpc) is 2.52. The zero-order valence-electron chi connectivity index (χ0n) is 9.75. The van der Waals surface area contributed by atoms with Gasteiger partial charge in [0.2, 0.25) is 0 Å². The molecule has 3 aliphatic rings. The fourth-order valence-electron chi connectivity index (χ4n) is 3.56. The van der Waals surface area contributed by atoms with Crippen molar-refractivity contribution in [3.05, 3.63) is 0 Å². The van der Waals surface area contributed by atoms with Crippen molar-refractivity contribution in [3.63, 3.8) is 0 Å². The number of nitrogens with zero attached hydrogens (tertiary/aromatic N) is 1. The average molecular weight is 197 g/mol. The topological polar surface area (TPSA) is 12.5 Å². The third-order valence-electron chi connectivity index (χ3n) is 4.23. The standard InChI is InChI=1S/C12H23NO/c1-10-6-12(7-11(10)8-12)9-13(2)4-5-14-3/h10-11H,4-9H2,1-3H3/t10-,11?,12?/m1/s1. The number of hydrogen-bond donors (Lipinski definition) is 0. The predicted molar refractivity (Wildman–Crippen MR) is 58.3 cm³/mol.